The molecule has 3 heteroatoms. The summed E-state index contributed by atoms with van der Waals surface area (Å²) in [6, 6.07) is 19.4. The van der Waals surface area contributed by atoms with Crippen molar-refractivity contribution in [3.05, 3.63) is 71.4 Å². The maximum atomic E-state index is 2.50. The van der Waals surface area contributed by atoms with Crippen molar-refractivity contribution in [2.75, 3.05) is 0 Å². The van der Waals surface area contributed by atoms with Crippen LogP contribution in [0.25, 0.3) is 43.6 Å². The number of aryl methyl sites for hydroxylation is 2. The zero-order chi connectivity index (χ0) is 29.6. The summed E-state index contributed by atoms with van der Waals surface area (Å²) in [6.45, 7) is 23.9. The van der Waals surface area contributed by atoms with Crippen molar-refractivity contribution in [3.63, 3.8) is 0 Å². The summed E-state index contributed by atoms with van der Waals surface area (Å²) in [5.74, 6) is 0. The third-order valence-electron chi connectivity index (χ3n) is 8.63. The van der Waals surface area contributed by atoms with Crippen molar-refractivity contribution in [2.45, 2.75) is 90.7 Å². The Hall–Kier alpha value is -2.62. The van der Waals surface area contributed by atoms with Crippen molar-refractivity contribution in [1.29, 1.82) is 0 Å². The zero-order valence-corrected chi connectivity index (χ0v) is 28.8. The number of benzene rings is 4. The zero-order valence-electron chi connectivity index (χ0n) is 27.0. The van der Waals surface area contributed by atoms with Crippen LogP contribution in [0.3, 0.4) is 0 Å². The van der Waals surface area contributed by atoms with Gasteiger partial charge in [-0.25, -0.2) is 4.57 Å². The predicted octanol–water partition coefficient (Wildman–Crippen LogP) is 10.1. The van der Waals surface area contributed by atoms with Gasteiger partial charge in [0.1, 0.15) is 7.05 Å². The molecule has 41 heavy (non-hydrogen) atoms. The van der Waals surface area contributed by atoms with Gasteiger partial charge in [0.15, 0.2) is 6.20 Å². The summed E-state index contributed by atoms with van der Waals surface area (Å²) >= 11 is 2.04. The summed E-state index contributed by atoms with van der Waals surface area (Å²) in [5.41, 5.74) is 7.61. The number of fused-ring (bicyclic) bond motifs is 5. The van der Waals surface area contributed by atoms with Crippen LogP contribution in [-0.4, -0.2) is 8.07 Å². The molecule has 0 radical (unpaired) electrons. The van der Waals surface area contributed by atoms with Crippen LogP contribution in [0, 0.1) is 17.8 Å². The standard InChI is InChI=1S/C38H46NSSi/c1-23-30-18-24(21-37(2,3)4)12-14-29(30)31(22-38(5,6)7)36-32(23)34-33-25(16-17-39(34)8)19-26-20-27(41(9,10)11)13-15-28(26)35(33)40-36/h12-20H,21-22H2,1-11H3/q+1. The fourth-order valence-corrected chi connectivity index (χ4v) is 9.40. The Kier molecular flexibility index (Phi) is 6.56. The first-order chi connectivity index (χ1) is 19.0. The highest BCUT2D eigenvalue weighted by molar-refractivity contribution is 8.00. The fourth-order valence-electron chi connectivity index (χ4n) is 6.76. The van der Waals surface area contributed by atoms with Gasteiger partial charge in [0, 0.05) is 15.9 Å². The van der Waals surface area contributed by atoms with Crippen LogP contribution >= 0.6 is 11.8 Å². The lowest BCUT2D eigenvalue weighted by molar-refractivity contribution is -0.659. The summed E-state index contributed by atoms with van der Waals surface area (Å²) in [7, 11) is 0.822. The van der Waals surface area contributed by atoms with Gasteiger partial charge in [-0.2, -0.15) is 0 Å². The molecule has 1 aliphatic rings. The van der Waals surface area contributed by atoms with Crippen LogP contribution in [0.1, 0.15) is 58.2 Å². The molecule has 1 aliphatic heterocycles. The molecule has 5 aromatic rings. The Morgan fingerprint density at radius 1 is 0.732 bits per heavy atom. The van der Waals surface area contributed by atoms with Crippen molar-refractivity contribution in [2.24, 2.45) is 17.9 Å². The molecular formula is C38H46NSSi+. The minimum Gasteiger partial charge on any atom is -0.200 e. The van der Waals surface area contributed by atoms with Crippen molar-refractivity contribution in [3.8, 4) is 11.3 Å². The maximum Gasteiger partial charge on any atom is 0.222 e. The molecule has 0 spiro atoms. The molecule has 0 aliphatic carbocycles. The van der Waals surface area contributed by atoms with Gasteiger partial charge < -0.3 is 0 Å². The topological polar surface area (TPSA) is 3.88 Å². The Labute approximate surface area is 252 Å². The molecule has 0 amide bonds. The third kappa shape index (κ3) is 5.04. The lowest BCUT2D eigenvalue weighted by Crippen LogP contribution is -2.37. The Morgan fingerprint density at radius 3 is 2.07 bits per heavy atom. The molecule has 0 unspecified atom stereocenters. The molecule has 2 heterocycles. The fraction of sp³-hybridized carbons (Fsp3) is 0.395. The minimum absolute atomic E-state index is 0.181. The lowest BCUT2D eigenvalue weighted by Gasteiger charge is -2.29. The number of nitrogens with zero attached hydrogens (tertiary/aromatic N) is 1. The van der Waals surface area contributed by atoms with E-state index in [2.05, 4.69) is 134 Å². The van der Waals surface area contributed by atoms with E-state index in [0.29, 0.717) is 0 Å². The van der Waals surface area contributed by atoms with E-state index in [0.717, 1.165) is 12.8 Å². The van der Waals surface area contributed by atoms with Crippen molar-refractivity contribution in [1.82, 2.24) is 0 Å². The highest BCUT2D eigenvalue weighted by Crippen LogP contribution is 2.54. The molecule has 0 saturated heterocycles. The molecule has 0 bridgehead atoms. The first kappa shape index (κ1) is 28.5. The number of aromatic nitrogens is 1. The summed E-state index contributed by atoms with van der Waals surface area (Å²) < 4.78 is 2.38. The van der Waals surface area contributed by atoms with E-state index in [1.807, 2.05) is 11.8 Å². The van der Waals surface area contributed by atoms with E-state index in [9.17, 15) is 0 Å². The van der Waals surface area contributed by atoms with Gasteiger partial charge in [-0.3, -0.25) is 0 Å². The van der Waals surface area contributed by atoms with Crippen molar-refractivity contribution < 1.29 is 4.57 Å². The smallest absolute Gasteiger partial charge is 0.200 e. The SMILES string of the molecule is Cc1c2c(c(CC(C)(C)C)c3ccc(CC(C)(C)C)cc13)Sc1c3ccc([Si](C)(C)C)cc3cc3cc[n+](C)c-2c13. The lowest BCUT2D eigenvalue weighted by atomic mass is 9.81. The molecule has 1 nitrogen and oxygen atoms in total. The number of hydrogen-bond acceptors (Lipinski definition) is 1. The molecule has 6 rings (SSSR count). The average molecular weight is 577 g/mol. The molecule has 4 aromatic carbocycles. The summed E-state index contributed by atoms with van der Waals surface area (Å²) in [6.07, 6.45) is 4.41. The van der Waals surface area contributed by atoms with Gasteiger partial charge in [0.05, 0.1) is 19.0 Å². The third-order valence-corrected chi connectivity index (χ3v) is 12.0. The number of hydrogen-bond donors (Lipinski definition) is 0. The first-order valence-corrected chi connectivity index (χ1v) is 19.5. The Balaban J connectivity index is 1.73. The van der Waals surface area contributed by atoms with Gasteiger partial charge in [0.25, 0.3) is 0 Å². The van der Waals surface area contributed by atoms with Gasteiger partial charge >= 0.3 is 0 Å². The van der Waals surface area contributed by atoms with Gasteiger partial charge in [-0.1, -0.05) is 115 Å². The summed E-state index contributed by atoms with van der Waals surface area (Å²) in [5, 5.41) is 9.92. The first-order valence-electron chi connectivity index (χ1n) is 15.2. The van der Waals surface area contributed by atoms with Crippen LogP contribution in [0.15, 0.2) is 64.5 Å². The van der Waals surface area contributed by atoms with Crippen molar-refractivity contribution >= 4 is 57.3 Å². The quantitative estimate of drug-likeness (QED) is 0.115. The monoisotopic (exact) mass is 576 g/mol. The van der Waals surface area contributed by atoms with E-state index >= 15 is 0 Å². The molecular weight excluding hydrogens is 531 g/mol. The molecule has 0 N–H and O–H groups in total. The molecule has 0 fully saturated rings. The van der Waals surface area contributed by atoms with Crippen LogP contribution in [0.4, 0.5) is 0 Å². The van der Waals surface area contributed by atoms with Crippen LogP contribution in [-0.2, 0) is 19.9 Å². The normalized spacial score (nSPS) is 13.8. The minimum atomic E-state index is -1.41. The van der Waals surface area contributed by atoms with E-state index in [-0.39, 0.29) is 10.8 Å². The van der Waals surface area contributed by atoms with Gasteiger partial charge in [-0.05, 0) is 80.3 Å². The number of rotatable bonds is 3. The van der Waals surface area contributed by atoms with Gasteiger partial charge in [0.2, 0.25) is 5.69 Å². The van der Waals surface area contributed by atoms with E-state index in [1.165, 1.54) is 75.2 Å². The Morgan fingerprint density at radius 2 is 1.41 bits per heavy atom. The molecule has 0 saturated carbocycles. The molecule has 0 atom stereocenters. The highest BCUT2D eigenvalue weighted by Gasteiger charge is 2.34. The number of pyridine rings is 1. The molecule has 1 aromatic heterocycles. The second kappa shape index (κ2) is 9.44. The predicted molar refractivity (Wildman–Crippen MR) is 184 cm³/mol. The maximum absolute atomic E-state index is 2.50. The molecule has 212 valence electrons. The average Bonchev–Trinajstić information content (AvgIpc) is 2.85. The van der Waals surface area contributed by atoms with E-state index in [4.69, 9.17) is 0 Å². The highest BCUT2D eigenvalue weighted by atomic mass is 32.2. The van der Waals surface area contributed by atoms with Gasteiger partial charge in [-0.15, -0.1) is 0 Å². The van der Waals surface area contributed by atoms with Crippen LogP contribution < -0.4 is 9.75 Å². The second-order valence-electron chi connectivity index (χ2n) is 15.9. The Bertz CT molecular complexity index is 1880. The van der Waals surface area contributed by atoms with E-state index in [1.54, 1.807) is 0 Å². The van der Waals surface area contributed by atoms with Crippen LogP contribution in [0.2, 0.25) is 19.6 Å². The summed E-state index contributed by atoms with van der Waals surface area (Å²) in [4.78, 5) is 2.89. The largest absolute Gasteiger partial charge is 0.222 e. The second-order valence-corrected chi connectivity index (χ2v) is 22.0. The van der Waals surface area contributed by atoms with Crippen LogP contribution in [0.5, 0.6) is 0 Å². The van der Waals surface area contributed by atoms with E-state index < -0.39 is 8.07 Å².